The zero-order chi connectivity index (χ0) is 29.8. The van der Waals surface area contributed by atoms with Gasteiger partial charge in [-0.05, 0) is 72.5 Å². The molecule has 0 spiro atoms. The molecule has 0 aliphatic carbocycles. The van der Waals surface area contributed by atoms with Crippen molar-refractivity contribution in [1.29, 1.82) is 0 Å². The van der Waals surface area contributed by atoms with Gasteiger partial charge in [0.25, 0.3) is 11.8 Å². The number of hydrazone groups is 2. The normalized spacial score (nSPS) is 11.1. The van der Waals surface area contributed by atoms with E-state index in [0.29, 0.717) is 24.3 Å². The number of hydrogen-bond donors (Lipinski definition) is 2. The fourth-order valence-corrected chi connectivity index (χ4v) is 3.97. The van der Waals surface area contributed by atoms with Crippen LogP contribution in [0.15, 0.2) is 83.0 Å². The number of nitrogens with zero attached hydrogens (tertiary/aromatic N) is 2. The lowest BCUT2D eigenvalue weighted by molar-refractivity contribution is 0.0947. The molecule has 0 aliphatic rings. The van der Waals surface area contributed by atoms with Gasteiger partial charge in [0.05, 0.1) is 25.6 Å². The standard InChI is InChI=1S/C34H42N4O4/c1-3-5-7-9-23-41-31-19-15-29(16-20-31)33(39)37-35-25-27-11-13-28(14-12-27)26-36-38-34(40)30-17-21-32(22-18-30)42-24-10-8-6-4-2/h11-22,25-26H,3-10,23-24H2,1-2H3,(H,37,39)(H,38,40)/b35-25+,36-26+. The summed E-state index contributed by atoms with van der Waals surface area (Å²) in [7, 11) is 0. The predicted molar refractivity (Wildman–Crippen MR) is 169 cm³/mol. The Morgan fingerprint density at radius 1 is 0.571 bits per heavy atom. The second-order valence-corrected chi connectivity index (χ2v) is 9.93. The number of ether oxygens (including phenoxy) is 2. The third-order valence-electron chi connectivity index (χ3n) is 6.46. The Morgan fingerprint density at radius 2 is 0.952 bits per heavy atom. The van der Waals surface area contributed by atoms with Crippen LogP contribution in [0, 0.1) is 0 Å². The van der Waals surface area contributed by atoms with Crippen LogP contribution < -0.4 is 20.3 Å². The topological polar surface area (TPSA) is 101 Å². The average Bonchev–Trinajstić information content (AvgIpc) is 3.02. The largest absolute Gasteiger partial charge is 0.494 e. The molecule has 0 radical (unpaired) electrons. The molecule has 42 heavy (non-hydrogen) atoms. The van der Waals surface area contributed by atoms with Crippen LogP contribution in [-0.4, -0.2) is 37.5 Å². The van der Waals surface area contributed by atoms with Gasteiger partial charge >= 0.3 is 0 Å². The molecular weight excluding hydrogens is 528 g/mol. The molecule has 2 N–H and O–H groups in total. The van der Waals surface area contributed by atoms with E-state index < -0.39 is 0 Å². The first kappa shape index (κ1) is 32.1. The van der Waals surface area contributed by atoms with Gasteiger partial charge in [-0.15, -0.1) is 0 Å². The monoisotopic (exact) mass is 570 g/mol. The van der Waals surface area contributed by atoms with Crippen molar-refractivity contribution in [3.63, 3.8) is 0 Å². The molecule has 3 aromatic carbocycles. The lowest BCUT2D eigenvalue weighted by Crippen LogP contribution is -2.17. The molecule has 0 aromatic heterocycles. The van der Waals surface area contributed by atoms with E-state index in [0.717, 1.165) is 48.3 Å². The highest BCUT2D eigenvalue weighted by Gasteiger charge is 2.06. The van der Waals surface area contributed by atoms with Gasteiger partial charge in [-0.25, -0.2) is 10.9 Å². The molecule has 2 amide bonds. The Bertz CT molecular complexity index is 1170. The number of nitrogens with one attached hydrogen (secondary N) is 2. The minimum Gasteiger partial charge on any atom is -0.494 e. The predicted octanol–water partition coefficient (Wildman–Crippen LogP) is 7.13. The van der Waals surface area contributed by atoms with Gasteiger partial charge in [0.1, 0.15) is 11.5 Å². The number of hydrogen-bond acceptors (Lipinski definition) is 6. The maximum Gasteiger partial charge on any atom is 0.271 e. The van der Waals surface area contributed by atoms with Crippen molar-refractivity contribution in [2.45, 2.75) is 65.2 Å². The molecule has 0 saturated carbocycles. The summed E-state index contributed by atoms with van der Waals surface area (Å²) >= 11 is 0. The Balaban J connectivity index is 1.38. The van der Waals surface area contributed by atoms with Crippen molar-refractivity contribution in [2.24, 2.45) is 10.2 Å². The number of rotatable bonds is 18. The van der Waals surface area contributed by atoms with Crippen LogP contribution in [0.4, 0.5) is 0 Å². The second kappa shape index (κ2) is 18.8. The summed E-state index contributed by atoms with van der Waals surface area (Å²) in [5.41, 5.74) is 7.68. The van der Waals surface area contributed by atoms with Gasteiger partial charge in [-0.2, -0.15) is 10.2 Å². The first-order valence-corrected chi connectivity index (χ1v) is 14.8. The molecule has 222 valence electrons. The summed E-state index contributed by atoms with van der Waals surface area (Å²) in [5.74, 6) is 0.902. The van der Waals surface area contributed by atoms with E-state index in [1.165, 1.54) is 25.7 Å². The SMILES string of the molecule is CCCCCCOc1ccc(C(=O)N/N=C/c2ccc(/C=N/NC(=O)c3ccc(OCCCCCC)cc3)cc2)cc1. The van der Waals surface area contributed by atoms with E-state index in [-0.39, 0.29) is 11.8 Å². The molecule has 0 saturated heterocycles. The molecule has 8 nitrogen and oxygen atoms in total. The van der Waals surface area contributed by atoms with Crippen LogP contribution in [0.25, 0.3) is 0 Å². The molecule has 0 bridgehead atoms. The van der Waals surface area contributed by atoms with Crippen molar-refractivity contribution in [2.75, 3.05) is 13.2 Å². The van der Waals surface area contributed by atoms with Crippen molar-refractivity contribution < 1.29 is 19.1 Å². The van der Waals surface area contributed by atoms with E-state index in [1.54, 1.807) is 61.0 Å². The maximum absolute atomic E-state index is 12.4. The molecule has 3 aromatic rings. The van der Waals surface area contributed by atoms with Crippen LogP contribution in [0.3, 0.4) is 0 Å². The van der Waals surface area contributed by atoms with E-state index in [1.807, 2.05) is 24.3 Å². The van der Waals surface area contributed by atoms with Crippen LogP contribution in [0.2, 0.25) is 0 Å². The lowest BCUT2D eigenvalue weighted by atomic mass is 10.2. The van der Waals surface area contributed by atoms with Crippen molar-refractivity contribution in [1.82, 2.24) is 10.9 Å². The molecule has 0 atom stereocenters. The summed E-state index contributed by atoms with van der Waals surface area (Å²) in [6.07, 6.45) is 12.3. The van der Waals surface area contributed by atoms with Crippen LogP contribution in [0.5, 0.6) is 11.5 Å². The number of unbranched alkanes of at least 4 members (excludes halogenated alkanes) is 6. The van der Waals surface area contributed by atoms with Gasteiger partial charge < -0.3 is 9.47 Å². The van der Waals surface area contributed by atoms with Crippen LogP contribution in [-0.2, 0) is 0 Å². The Kier molecular flexibility index (Phi) is 14.4. The van der Waals surface area contributed by atoms with Crippen molar-refractivity contribution >= 4 is 24.2 Å². The Labute approximate surface area is 249 Å². The van der Waals surface area contributed by atoms with Gasteiger partial charge in [0.2, 0.25) is 0 Å². The smallest absolute Gasteiger partial charge is 0.271 e. The van der Waals surface area contributed by atoms with Crippen LogP contribution in [0.1, 0.15) is 97.1 Å². The molecule has 3 rings (SSSR count). The first-order valence-electron chi connectivity index (χ1n) is 14.8. The highest BCUT2D eigenvalue weighted by molar-refractivity contribution is 5.96. The zero-order valence-corrected chi connectivity index (χ0v) is 24.7. The lowest BCUT2D eigenvalue weighted by Gasteiger charge is -2.06. The van der Waals surface area contributed by atoms with Crippen LogP contribution >= 0.6 is 0 Å². The van der Waals surface area contributed by atoms with E-state index in [2.05, 4.69) is 34.9 Å². The van der Waals surface area contributed by atoms with Crippen molar-refractivity contribution in [3.8, 4) is 11.5 Å². The zero-order valence-electron chi connectivity index (χ0n) is 24.7. The quantitative estimate of drug-likeness (QED) is 0.0965. The molecule has 0 heterocycles. The molecule has 8 heteroatoms. The number of amides is 2. The minimum atomic E-state index is -0.301. The van der Waals surface area contributed by atoms with Gasteiger partial charge in [-0.1, -0.05) is 76.6 Å². The van der Waals surface area contributed by atoms with Gasteiger partial charge in [0.15, 0.2) is 0 Å². The highest BCUT2D eigenvalue weighted by atomic mass is 16.5. The number of carbonyl (C=O) groups is 2. The van der Waals surface area contributed by atoms with E-state index in [4.69, 9.17) is 9.47 Å². The summed E-state index contributed by atoms with van der Waals surface area (Å²) in [6.45, 7) is 5.72. The van der Waals surface area contributed by atoms with Gasteiger partial charge in [0, 0.05) is 11.1 Å². The third-order valence-corrected chi connectivity index (χ3v) is 6.46. The number of benzene rings is 3. The number of carbonyl (C=O) groups excluding carboxylic acids is 2. The Morgan fingerprint density at radius 3 is 1.31 bits per heavy atom. The summed E-state index contributed by atoms with van der Waals surface area (Å²) in [6, 6.07) is 21.4. The Hall–Kier alpha value is -4.46. The second-order valence-electron chi connectivity index (χ2n) is 9.93. The van der Waals surface area contributed by atoms with E-state index >= 15 is 0 Å². The van der Waals surface area contributed by atoms with Gasteiger partial charge in [-0.3, -0.25) is 9.59 Å². The molecular formula is C34H42N4O4. The fraction of sp³-hybridized carbons (Fsp3) is 0.353. The highest BCUT2D eigenvalue weighted by Crippen LogP contribution is 2.14. The maximum atomic E-state index is 12.4. The average molecular weight is 571 g/mol. The minimum absolute atomic E-state index is 0.301. The summed E-state index contributed by atoms with van der Waals surface area (Å²) in [5, 5.41) is 8.09. The molecule has 0 unspecified atom stereocenters. The molecule has 0 aliphatic heterocycles. The molecule has 0 fully saturated rings. The summed E-state index contributed by atoms with van der Waals surface area (Å²) in [4.78, 5) is 24.7. The summed E-state index contributed by atoms with van der Waals surface area (Å²) < 4.78 is 11.4. The third kappa shape index (κ3) is 12.0. The van der Waals surface area contributed by atoms with Crippen molar-refractivity contribution in [3.05, 3.63) is 95.1 Å². The first-order chi connectivity index (χ1) is 20.6. The fourth-order valence-electron chi connectivity index (χ4n) is 3.97. The van der Waals surface area contributed by atoms with E-state index in [9.17, 15) is 9.59 Å².